The van der Waals surface area contributed by atoms with E-state index in [9.17, 15) is 4.79 Å². The number of fused-ring (bicyclic) bond motifs is 1. The molecule has 0 spiro atoms. The van der Waals surface area contributed by atoms with E-state index < -0.39 is 0 Å². The summed E-state index contributed by atoms with van der Waals surface area (Å²) in [5.41, 5.74) is 0. The quantitative estimate of drug-likeness (QED) is 0.659. The van der Waals surface area contributed by atoms with E-state index >= 15 is 0 Å². The van der Waals surface area contributed by atoms with Crippen molar-refractivity contribution in [2.24, 2.45) is 11.8 Å². The van der Waals surface area contributed by atoms with Crippen molar-refractivity contribution in [1.82, 2.24) is 10.2 Å². The minimum Gasteiger partial charge on any atom is -0.446 e. The molecule has 3 aliphatic rings. The van der Waals surface area contributed by atoms with Crippen LogP contribution in [0, 0.1) is 11.8 Å². The van der Waals surface area contributed by atoms with Crippen molar-refractivity contribution in [2.45, 2.75) is 69.9 Å². The second-order valence-electron chi connectivity index (χ2n) is 9.80. The number of ether oxygens (including phenoxy) is 1. The van der Waals surface area contributed by atoms with Crippen LogP contribution in [-0.4, -0.2) is 42.8 Å². The van der Waals surface area contributed by atoms with Crippen molar-refractivity contribution >= 4 is 27.5 Å². The zero-order valence-electron chi connectivity index (χ0n) is 18.0. The Balaban J connectivity index is 1.03. The van der Waals surface area contributed by atoms with E-state index in [2.05, 4.69) is 47.5 Å². The van der Waals surface area contributed by atoms with E-state index in [-0.39, 0.29) is 12.2 Å². The summed E-state index contributed by atoms with van der Waals surface area (Å²) in [6, 6.07) is 11.4. The van der Waals surface area contributed by atoms with Gasteiger partial charge in [-0.05, 0) is 87.4 Å². The van der Waals surface area contributed by atoms with Crippen molar-refractivity contribution in [3.8, 4) is 0 Å². The molecule has 2 saturated carbocycles. The Labute approximate surface area is 184 Å². The highest BCUT2D eigenvalue weighted by Gasteiger charge is 2.42. The second-order valence-corrected chi connectivity index (χ2v) is 10.9. The van der Waals surface area contributed by atoms with Crippen molar-refractivity contribution in [1.29, 1.82) is 0 Å². The molecular formula is C25H34N2O2S. The van der Waals surface area contributed by atoms with Gasteiger partial charge in [0.1, 0.15) is 6.10 Å². The van der Waals surface area contributed by atoms with Crippen molar-refractivity contribution in [3.63, 3.8) is 0 Å². The molecule has 1 amide bonds. The summed E-state index contributed by atoms with van der Waals surface area (Å²) in [4.78, 5) is 16.3. The van der Waals surface area contributed by atoms with Gasteiger partial charge in [0.05, 0.1) is 0 Å². The molecule has 4 nitrogen and oxygen atoms in total. The van der Waals surface area contributed by atoms with Gasteiger partial charge in [-0.25, -0.2) is 4.79 Å². The third-order valence-electron chi connectivity index (χ3n) is 7.38. The number of carbonyl (C=O) groups is 1. The number of rotatable bonds is 5. The van der Waals surface area contributed by atoms with Crippen molar-refractivity contribution < 1.29 is 9.53 Å². The molecule has 2 aromatic rings. The maximum atomic E-state index is 12.2. The lowest BCUT2D eigenvalue weighted by Crippen LogP contribution is -2.38. The average molecular weight is 427 g/mol. The van der Waals surface area contributed by atoms with Gasteiger partial charge < -0.3 is 15.0 Å². The van der Waals surface area contributed by atoms with E-state index in [1.54, 1.807) is 4.88 Å². The molecule has 2 atom stereocenters. The number of amides is 1. The summed E-state index contributed by atoms with van der Waals surface area (Å²) >= 11 is 1.97. The molecule has 162 valence electrons. The van der Waals surface area contributed by atoms with E-state index in [0.29, 0.717) is 17.9 Å². The molecule has 1 N–H and O–H groups in total. The minimum absolute atomic E-state index is 0.132. The Hall–Kier alpha value is -1.59. The fourth-order valence-corrected chi connectivity index (χ4v) is 6.47. The first-order valence-electron chi connectivity index (χ1n) is 11.8. The zero-order valence-corrected chi connectivity index (χ0v) is 18.8. The van der Waals surface area contributed by atoms with Crippen LogP contribution >= 0.6 is 11.3 Å². The fraction of sp³-hybridized carbons (Fsp3) is 0.640. The maximum Gasteiger partial charge on any atom is 0.407 e. The lowest BCUT2D eigenvalue weighted by Gasteiger charge is -2.31. The van der Waals surface area contributed by atoms with Gasteiger partial charge in [-0.15, -0.1) is 11.3 Å². The number of hydrogen-bond donors (Lipinski definition) is 1. The first-order chi connectivity index (χ1) is 14.6. The van der Waals surface area contributed by atoms with Crippen LogP contribution in [0.15, 0.2) is 30.3 Å². The molecule has 1 aliphatic heterocycles. The number of alkyl carbamates (subject to hydrolysis) is 1. The number of piperidine rings is 1. The van der Waals surface area contributed by atoms with Gasteiger partial charge in [-0.1, -0.05) is 25.1 Å². The van der Waals surface area contributed by atoms with Gasteiger partial charge >= 0.3 is 6.09 Å². The van der Waals surface area contributed by atoms with Crippen LogP contribution in [0.1, 0.15) is 62.7 Å². The summed E-state index contributed by atoms with van der Waals surface area (Å²) < 4.78 is 7.11. The van der Waals surface area contributed by atoms with Gasteiger partial charge in [0, 0.05) is 28.1 Å². The summed E-state index contributed by atoms with van der Waals surface area (Å²) in [5.74, 6) is 2.03. The SMILES string of the molecule is CC1CCC(NC(=O)O[C@@H]2C[C@@H]2CN2CCC(c3cc4ccccc4s3)CC2)CC1. The van der Waals surface area contributed by atoms with E-state index in [4.69, 9.17) is 4.74 Å². The maximum absolute atomic E-state index is 12.2. The number of hydrogen-bond acceptors (Lipinski definition) is 4. The monoisotopic (exact) mass is 426 g/mol. The van der Waals surface area contributed by atoms with Crippen molar-refractivity contribution in [2.75, 3.05) is 19.6 Å². The van der Waals surface area contributed by atoms with Crippen LogP contribution in [0.25, 0.3) is 10.1 Å². The van der Waals surface area contributed by atoms with Crippen LogP contribution in [0.4, 0.5) is 4.79 Å². The summed E-state index contributed by atoms with van der Waals surface area (Å²) in [7, 11) is 0. The largest absolute Gasteiger partial charge is 0.446 e. The Morgan fingerprint density at radius 3 is 2.67 bits per heavy atom. The number of nitrogens with zero attached hydrogens (tertiary/aromatic N) is 1. The topological polar surface area (TPSA) is 41.6 Å². The fourth-order valence-electron chi connectivity index (χ4n) is 5.23. The van der Waals surface area contributed by atoms with Gasteiger partial charge in [0.15, 0.2) is 0 Å². The molecule has 30 heavy (non-hydrogen) atoms. The average Bonchev–Trinajstić information content (AvgIpc) is 3.31. The smallest absolute Gasteiger partial charge is 0.407 e. The first kappa shape index (κ1) is 20.3. The van der Waals surface area contributed by atoms with Crippen LogP contribution in [0.3, 0.4) is 0 Å². The Morgan fingerprint density at radius 2 is 1.90 bits per heavy atom. The van der Waals surface area contributed by atoms with E-state index in [1.165, 1.54) is 35.8 Å². The Morgan fingerprint density at radius 1 is 1.13 bits per heavy atom. The summed E-state index contributed by atoms with van der Waals surface area (Å²) in [5, 5.41) is 4.48. The first-order valence-corrected chi connectivity index (χ1v) is 12.6. The van der Waals surface area contributed by atoms with Gasteiger partial charge in [-0.3, -0.25) is 0 Å². The van der Waals surface area contributed by atoms with Gasteiger partial charge in [0.2, 0.25) is 0 Å². The molecule has 2 heterocycles. The highest BCUT2D eigenvalue weighted by atomic mass is 32.1. The third kappa shape index (κ3) is 4.83. The molecule has 1 aromatic carbocycles. The number of thiophene rings is 1. The molecule has 2 aliphatic carbocycles. The molecule has 0 radical (unpaired) electrons. The van der Waals surface area contributed by atoms with Crippen LogP contribution in [0.2, 0.25) is 0 Å². The highest BCUT2D eigenvalue weighted by molar-refractivity contribution is 7.19. The number of benzene rings is 1. The third-order valence-corrected chi connectivity index (χ3v) is 8.66. The standard InChI is InChI=1S/C25H34N2O2S/c1-17-6-8-21(9-7-17)26-25(28)29-22-14-20(22)16-27-12-10-18(11-13-27)24-15-19-4-2-3-5-23(19)30-24/h2-5,15,17-18,20-22H,6-14,16H2,1H3,(H,26,28)/t17?,20-,21?,22-/m1/s1. The molecule has 3 fully saturated rings. The van der Waals surface area contributed by atoms with Gasteiger partial charge in [0.25, 0.3) is 0 Å². The number of likely N-dealkylation sites (tertiary alicyclic amines) is 1. The molecule has 5 rings (SSSR count). The summed E-state index contributed by atoms with van der Waals surface area (Å²) in [6.45, 7) is 5.70. The lowest BCUT2D eigenvalue weighted by atomic mass is 9.87. The molecule has 1 aromatic heterocycles. The van der Waals surface area contributed by atoms with Crippen molar-refractivity contribution in [3.05, 3.63) is 35.2 Å². The van der Waals surface area contributed by atoms with E-state index in [1.807, 2.05) is 11.3 Å². The molecular weight excluding hydrogens is 392 g/mol. The Bertz CT molecular complexity index is 832. The highest BCUT2D eigenvalue weighted by Crippen LogP contribution is 2.39. The molecule has 1 saturated heterocycles. The van der Waals surface area contributed by atoms with Gasteiger partial charge in [-0.2, -0.15) is 0 Å². The van der Waals surface area contributed by atoms with Crippen LogP contribution in [0.5, 0.6) is 0 Å². The van der Waals surface area contributed by atoms with Crippen LogP contribution in [-0.2, 0) is 4.74 Å². The predicted molar refractivity (Wildman–Crippen MR) is 123 cm³/mol. The lowest BCUT2D eigenvalue weighted by molar-refractivity contribution is 0.119. The Kier molecular flexibility index (Phi) is 6.01. The second kappa shape index (κ2) is 8.88. The number of nitrogens with one attached hydrogen (secondary N) is 1. The molecule has 0 bridgehead atoms. The molecule has 0 unspecified atom stereocenters. The molecule has 5 heteroatoms. The minimum atomic E-state index is -0.189. The van der Waals surface area contributed by atoms with E-state index in [0.717, 1.165) is 44.8 Å². The normalized spacial score (nSPS) is 30.3. The number of carbonyl (C=O) groups excluding carboxylic acids is 1. The summed E-state index contributed by atoms with van der Waals surface area (Å²) in [6.07, 6.45) is 8.09. The predicted octanol–water partition coefficient (Wildman–Crippen LogP) is 5.77. The zero-order chi connectivity index (χ0) is 20.5. The van der Waals surface area contributed by atoms with Crippen LogP contribution < -0.4 is 5.32 Å².